The number of fused-ring (bicyclic) bond motifs is 2. The molecule has 0 atom stereocenters. The molecule has 7 heteroatoms. The van der Waals surface area contributed by atoms with Gasteiger partial charge in [0.05, 0.1) is 5.69 Å². The van der Waals surface area contributed by atoms with E-state index in [-0.39, 0.29) is 6.79 Å². The molecule has 1 amide bonds. The lowest BCUT2D eigenvalue weighted by Gasteiger charge is -2.07. The second-order valence-electron chi connectivity index (χ2n) is 5.22. The quantitative estimate of drug-likeness (QED) is 0.584. The normalized spacial score (nSPS) is 14.2. The fourth-order valence-electron chi connectivity index (χ4n) is 2.63. The van der Waals surface area contributed by atoms with Gasteiger partial charge in [-0.05, 0) is 29.8 Å². The Hall–Kier alpha value is -3.06. The first kappa shape index (κ1) is 13.6. The van der Waals surface area contributed by atoms with Gasteiger partial charge in [0.1, 0.15) is 5.84 Å². The van der Waals surface area contributed by atoms with Gasteiger partial charge < -0.3 is 14.8 Å². The zero-order chi connectivity index (χ0) is 15.8. The maximum absolute atomic E-state index is 11.4. The van der Waals surface area contributed by atoms with E-state index < -0.39 is 5.91 Å². The highest BCUT2D eigenvalue weighted by Gasteiger charge is 2.22. The lowest BCUT2D eigenvalue weighted by Crippen LogP contribution is -2.19. The number of hydroxylamine groups is 1. The Balaban J connectivity index is 1.55. The highest BCUT2D eigenvalue weighted by Crippen LogP contribution is 2.40. The molecule has 2 aromatic carbocycles. The van der Waals surface area contributed by atoms with Gasteiger partial charge in [-0.15, -0.1) is 0 Å². The maximum atomic E-state index is 11.4. The van der Waals surface area contributed by atoms with E-state index in [1.807, 2.05) is 18.2 Å². The van der Waals surface area contributed by atoms with E-state index in [0.29, 0.717) is 17.7 Å². The van der Waals surface area contributed by atoms with Crippen molar-refractivity contribution in [1.29, 1.82) is 0 Å². The number of nitrogens with one attached hydrogen (secondary N) is 2. The molecule has 4 rings (SSSR count). The molecule has 0 aromatic heterocycles. The van der Waals surface area contributed by atoms with Crippen molar-refractivity contribution in [2.75, 3.05) is 12.1 Å². The molecule has 0 saturated carbocycles. The van der Waals surface area contributed by atoms with Crippen LogP contribution < -0.4 is 20.3 Å². The number of rotatable bonds is 2. The molecule has 3 N–H and O–H groups in total. The minimum absolute atomic E-state index is 0.243. The molecule has 0 saturated heterocycles. The van der Waals surface area contributed by atoms with Crippen LogP contribution in [-0.2, 0) is 6.42 Å². The number of ether oxygens (including phenoxy) is 2. The number of hydrogen-bond acceptors (Lipinski definition) is 6. The minimum atomic E-state index is -0.559. The summed E-state index contributed by atoms with van der Waals surface area (Å²) >= 11 is 0. The van der Waals surface area contributed by atoms with Crippen molar-refractivity contribution >= 4 is 23.1 Å². The van der Waals surface area contributed by atoms with E-state index in [2.05, 4.69) is 10.3 Å². The topological polar surface area (TPSA) is 92.2 Å². The number of carbonyl (C=O) groups is 1. The van der Waals surface area contributed by atoms with Crippen LogP contribution >= 0.6 is 0 Å². The third-order valence-corrected chi connectivity index (χ3v) is 3.70. The smallest absolute Gasteiger partial charge is 0.274 e. The van der Waals surface area contributed by atoms with Crippen molar-refractivity contribution in [3.8, 4) is 11.5 Å². The predicted octanol–water partition coefficient (Wildman–Crippen LogP) is 2.23. The van der Waals surface area contributed by atoms with Crippen molar-refractivity contribution in [3.05, 3.63) is 47.5 Å². The Morgan fingerprint density at radius 1 is 1.17 bits per heavy atom. The average Bonchev–Trinajstić information content (AvgIpc) is 3.17. The summed E-state index contributed by atoms with van der Waals surface area (Å²) in [6, 6.07) is 10.6. The largest absolute Gasteiger partial charge is 0.454 e. The maximum Gasteiger partial charge on any atom is 0.274 e. The Morgan fingerprint density at radius 3 is 2.83 bits per heavy atom. The molecule has 23 heavy (non-hydrogen) atoms. The molecule has 7 nitrogen and oxygen atoms in total. The fraction of sp³-hybridized carbons (Fsp3) is 0.125. The van der Waals surface area contributed by atoms with Gasteiger partial charge in [-0.2, -0.15) is 0 Å². The molecule has 0 aliphatic carbocycles. The van der Waals surface area contributed by atoms with E-state index in [1.54, 1.807) is 23.7 Å². The molecule has 116 valence electrons. The molecular formula is C16H13N3O4. The van der Waals surface area contributed by atoms with E-state index >= 15 is 0 Å². The number of anilines is 1. The summed E-state index contributed by atoms with van der Waals surface area (Å²) in [5, 5.41) is 11.9. The van der Waals surface area contributed by atoms with Crippen LogP contribution in [-0.4, -0.2) is 23.7 Å². The van der Waals surface area contributed by atoms with Crippen LogP contribution in [0.15, 0.2) is 41.4 Å². The van der Waals surface area contributed by atoms with Gasteiger partial charge in [0, 0.05) is 23.7 Å². The summed E-state index contributed by atoms with van der Waals surface area (Å²) in [7, 11) is 0. The molecule has 0 fully saturated rings. The van der Waals surface area contributed by atoms with Gasteiger partial charge in [-0.1, -0.05) is 6.07 Å². The third kappa shape index (κ3) is 2.47. The van der Waals surface area contributed by atoms with Crippen LogP contribution in [0.3, 0.4) is 0 Å². The van der Waals surface area contributed by atoms with Gasteiger partial charge in [0.2, 0.25) is 6.79 Å². The van der Waals surface area contributed by atoms with Gasteiger partial charge >= 0.3 is 0 Å². The molecule has 2 aromatic rings. The lowest BCUT2D eigenvalue weighted by molar-refractivity contribution is 0.0706. The first-order valence-corrected chi connectivity index (χ1v) is 7.04. The average molecular weight is 311 g/mol. The summed E-state index contributed by atoms with van der Waals surface area (Å²) < 4.78 is 10.7. The third-order valence-electron chi connectivity index (χ3n) is 3.70. The Morgan fingerprint density at radius 2 is 2.00 bits per heavy atom. The van der Waals surface area contributed by atoms with Gasteiger partial charge in [0.25, 0.3) is 5.91 Å². The van der Waals surface area contributed by atoms with Gasteiger partial charge in [-0.25, -0.2) is 10.5 Å². The van der Waals surface area contributed by atoms with Crippen LogP contribution in [0.5, 0.6) is 11.5 Å². The summed E-state index contributed by atoms with van der Waals surface area (Å²) in [5.74, 6) is 1.65. The Kier molecular flexibility index (Phi) is 3.13. The second kappa shape index (κ2) is 5.29. The first-order chi connectivity index (χ1) is 11.2. The molecule has 2 aliphatic heterocycles. The summed E-state index contributed by atoms with van der Waals surface area (Å²) in [4.78, 5) is 16.0. The summed E-state index contributed by atoms with van der Waals surface area (Å²) in [6.07, 6.45) is 0.641. The SMILES string of the molecule is O=C(NO)c1cccc(NC2=Nc3cc4c(cc3C2)OCO4)c1. The van der Waals surface area contributed by atoms with E-state index in [9.17, 15) is 4.79 Å². The number of aliphatic imine (C=N–C) groups is 1. The molecule has 0 spiro atoms. The van der Waals surface area contributed by atoms with Crippen LogP contribution in [0.1, 0.15) is 15.9 Å². The Bertz CT molecular complexity index is 832. The first-order valence-electron chi connectivity index (χ1n) is 7.04. The van der Waals surface area contributed by atoms with E-state index in [4.69, 9.17) is 14.7 Å². The summed E-state index contributed by atoms with van der Waals surface area (Å²) in [5.41, 5.74) is 4.60. The lowest BCUT2D eigenvalue weighted by atomic mass is 10.1. The van der Waals surface area contributed by atoms with E-state index in [1.165, 1.54) is 0 Å². The van der Waals surface area contributed by atoms with Crippen molar-refractivity contribution in [2.24, 2.45) is 4.99 Å². The fourth-order valence-corrected chi connectivity index (χ4v) is 2.63. The molecule has 0 unspecified atom stereocenters. The van der Waals surface area contributed by atoms with Gasteiger partial charge in [-0.3, -0.25) is 10.0 Å². The zero-order valence-electron chi connectivity index (χ0n) is 12.0. The van der Waals surface area contributed by atoms with Crippen LogP contribution in [0.25, 0.3) is 0 Å². The predicted molar refractivity (Wildman–Crippen MR) is 82.7 cm³/mol. The second-order valence-corrected chi connectivity index (χ2v) is 5.22. The molecule has 2 heterocycles. The van der Waals surface area contributed by atoms with E-state index in [0.717, 1.165) is 28.5 Å². The monoisotopic (exact) mass is 311 g/mol. The van der Waals surface area contributed by atoms with Gasteiger partial charge in [0.15, 0.2) is 11.5 Å². The van der Waals surface area contributed by atoms with Crippen molar-refractivity contribution in [1.82, 2.24) is 5.48 Å². The number of carbonyl (C=O) groups excluding carboxylic acids is 1. The van der Waals surface area contributed by atoms with Crippen LogP contribution in [0.2, 0.25) is 0 Å². The number of benzene rings is 2. The van der Waals surface area contributed by atoms with Crippen molar-refractivity contribution in [2.45, 2.75) is 6.42 Å². The highest BCUT2D eigenvalue weighted by atomic mass is 16.7. The minimum Gasteiger partial charge on any atom is -0.454 e. The highest BCUT2D eigenvalue weighted by molar-refractivity contribution is 6.03. The van der Waals surface area contributed by atoms with Crippen molar-refractivity contribution in [3.63, 3.8) is 0 Å². The van der Waals surface area contributed by atoms with Crippen molar-refractivity contribution < 1.29 is 19.5 Å². The van der Waals surface area contributed by atoms with Crippen LogP contribution in [0.4, 0.5) is 11.4 Å². The molecular weight excluding hydrogens is 298 g/mol. The summed E-state index contributed by atoms with van der Waals surface area (Å²) in [6.45, 7) is 0.243. The molecule has 0 bridgehead atoms. The standard InChI is InChI=1S/C16H13N3O4/c20-16(19-21)9-2-1-3-11(4-9)17-15-6-10-5-13-14(23-8-22-13)7-12(10)18-15/h1-5,7,21H,6,8H2,(H,17,18)(H,19,20). The number of amides is 1. The molecule has 0 radical (unpaired) electrons. The number of amidine groups is 1. The van der Waals surface area contributed by atoms with Crippen LogP contribution in [0, 0.1) is 0 Å². The number of nitrogens with zero attached hydrogens (tertiary/aromatic N) is 1. The number of hydrogen-bond donors (Lipinski definition) is 3. The Labute approximate surface area is 131 Å². The molecule has 2 aliphatic rings. The zero-order valence-corrected chi connectivity index (χ0v) is 12.0.